The van der Waals surface area contributed by atoms with E-state index in [2.05, 4.69) is 4.98 Å². The van der Waals surface area contributed by atoms with Gasteiger partial charge in [0, 0.05) is 32.5 Å². The van der Waals surface area contributed by atoms with Gasteiger partial charge in [0.15, 0.2) is 0 Å². The summed E-state index contributed by atoms with van der Waals surface area (Å²) in [6.07, 6.45) is 0.118. The molecular formula is C15H20N3O4S-. The van der Waals surface area contributed by atoms with Crippen molar-refractivity contribution in [1.82, 2.24) is 13.9 Å². The molecular weight excluding hydrogens is 318 g/mol. The summed E-state index contributed by atoms with van der Waals surface area (Å²) in [6.45, 7) is 4.38. The maximum Gasteiger partial charge on any atom is 0.243 e. The highest BCUT2D eigenvalue weighted by Gasteiger charge is 2.22. The van der Waals surface area contributed by atoms with Crippen LogP contribution in [-0.4, -0.2) is 41.3 Å². The summed E-state index contributed by atoms with van der Waals surface area (Å²) in [7, 11) is -1.77. The average Bonchev–Trinajstić information content (AvgIpc) is 2.82. The number of sulfonamides is 1. The zero-order chi connectivity index (χ0) is 17.2. The lowest BCUT2D eigenvalue weighted by Crippen LogP contribution is -2.30. The Labute approximate surface area is 135 Å². The molecule has 0 spiro atoms. The third-order valence-electron chi connectivity index (χ3n) is 3.84. The molecule has 1 heterocycles. The maximum atomic E-state index is 12.6. The molecule has 0 radical (unpaired) electrons. The molecule has 0 atom stereocenters. The number of rotatable bonds is 7. The largest absolute Gasteiger partial charge is 0.550 e. The van der Waals surface area contributed by atoms with Crippen LogP contribution >= 0.6 is 0 Å². The van der Waals surface area contributed by atoms with Gasteiger partial charge in [-0.05, 0) is 24.6 Å². The summed E-state index contributed by atoms with van der Waals surface area (Å²) in [5.41, 5.74) is 1.30. The summed E-state index contributed by atoms with van der Waals surface area (Å²) < 4.78 is 28.3. The third kappa shape index (κ3) is 3.37. The van der Waals surface area contributed by atoms with Gasteiger partial charge in [0.05, 0.1) is 15.9 Å². The Morgan fingerprint density at radius 1 is 1.30 bits per heavy atom. The first-order chi connectivity index (χ1) is 10.8. The fourth-order valence-electron chi connectivity index (χ4n) is 2.54. The number of fused-ring (bicyclic) bond motifs is 1. The van der Waals surface area contributed by atoms with Crippen LogP contribution in [0.5, 0.6) is 0 Å². The minimum Gasteiger partial charge on any atom is -0.550 e. The van der Waals surface area contributed by atoms with E-state index in [1.165, 1.54) is 10.4 Å². The van der Waals surface area contributed by atoms with Gasteiger partial charge in [0.25, 0.3) is 0 Å². The second kappa shape index (κ2) is 6.67. The Hall–Kier alpha value is -1.93. The molecule has 0 aliphatic carbocycles. The maximum absolute atomic E-state index is 12.6. The van der Waals surface area contributed by atoms with E-state index in [0.29, 0.717) is 24.4 Å². The number of benzene rings is 1. The van der Waals surface area contributed by atoms with Crippen molar-refractivity contribution in [2.45, 2.75) is 31.6 Å². The molecule has 0 bridgehead atoms. The minimum absolute atomic E-state index is 0.123. The van der Waals surface area contributed by atoms with Crippen LogP contribution in [-0.2, 0) is 28.3 Å². The van der Waals surface area contributed by atoms with Crippen LogP contribution in [0.3, 0.4) is 0 Å². The molecule has 0 saturated carbocycles. The Kier molecular flexibility index (Phi) is 5.06. The van der Waals surface area contributed by atoms with E-state index >= 15 is 0 Å². The van der Waals surface area contributed by atoms with Gasteiger partial charge in [-0.25, -0.2) is 13.4 Å². The highest BCUT2D eigenvalue weighted by molar-refractivity contribution is 7.89. The standard InChI is InChI=1S/C15H21N3O4S/c1-4-18(5-2)23(21,22)11-6-7-13-12(10-11)16-14(17(13)3)8-9-15(19)20/h6-7,10H,4-5,8-9H2,1-3H3,(H,19,20)/p-1. The van der Waals surface area contributed by atoms with Gasteiger partial charge >= 0.3 is 0 Å². The second-order valence-electron chi connectivity index (χ2n) is 5.20. The van der Waals surface area contributed by atoms with Crippen molar-refractivity contribution in [3.8, 4) is 0 Å². The highest BCUT2D eigenvalue weighted by atomic mass is 32.2. The van der Waals surface area contributed by atoms with Crippen molar-refractivity contribution in [1.29, 1.82) is 0 Å². The number of imidazole rings is 1. The lowest BCUT2D eigenvalue weighted by Gasteiger charge is -2.18. The number of aliphatic carboxylic acids is 1. The molecule has 1 aromatic heterocycles. The molecule has 2 aromatic rings. The number of aryl methyl sites for hydroxylation is 2. The van der Waals surface area contributed by atoms with E-state index in [9.17, 15) is 18.3 Å². The van der Waals surface area contributed by atoms with E-state index in [1.807, 2.05) is 0 Å². The van der Waals surface area contributed by atoms with Gasteiger partial charge in [-0.1, -0.05) is 13.8 Å². The number of aromatic nitrogens is 2. The predicted molar refractivity (Wildman–Crippen MR) is 84.1 cm³/mol. The smallest absolute Gasteiger partial charge is 0.243 e. The van der Waals surface area contributed by atoms with Gasteiger partial charge in [-0.15, -0.1) is 0 Å². The lowest BCUT2D eigenvalue weighted by molar-refractivity contribution is -0.305. The van der Waals surface area contributed by atoms with Gasteiger partial charge in [0.2, 0.25) is 10.0 Å². The Morgan fingerprint density at radius 3 is 2.52 bits per heavy atom. The number of hydrogen-bond acceptors (Lipinski definition) is 5. The first-order valence-electron chi connectivity index (χ1n) is 7.46. The van der Waals surface area contributed by atoms with E-state index < -0.39 is 16.0 Å². The van der Waals surface area contributed by atoms with Crippen LogP contribution in [0.25, 0.3) is 11.0 Å². The van der Waals surface area contributed by atoms with Crippen LogP contribution in [0, 0.1) is 0 Å². The number of carboxylic acid groups (broad SMARTS) is 1. The van der Waals surface area contributed by atoms with Crippen LogP contribution in [0.15, 0.2) is 23.1 Å². The molecule has 0 aliphatic heterocycles. The van der Waals surface area contributed by atoms with Crippen molar-refractivity contribution in [2.75, 3.05) is 13.1 Å². The first kappa shape index (κ1) is 17.4. The van der Waals surface area contributed by atoms with E-state index in [4.69, 9.17) is 0 Å². The Bertz CT molecular complexity index is 823. The van der Waals surface area contributed by atoms with Crippen LogP contribution in [0.2, 0.25) is 0 Å². The molecule has 8 heteroatoms. The van der Waals surface area contributed by atoms with Crippen molar-refractivity contribution < 1.29 is 18.3 Å². The monoisotopic (exact) mass is 338 g/mol. The molecule has 0 fully saturated rings. The summed E-state index contributed by atoms with van der Waals surface area (Å²) in [4.78, 5) is 15.1. The molecule has 0 unspecified atom stereocenters. The zero-order valence-electron chi connectivity index (χ0n) is 13.4. The number of carbonyl (C=O) groups excluding carboxylic acids is 1. The Balaban J connectivity index is 2.45. The lowest BCUT2D eigenvalue weighted by atomic mass is 10.3. The second-order valence-corrected chi connectivity index (χ2v) is 7.14. The van der Waals surface area contributed by atoms with Gasteiger partial charge in [-0.3, -0.25) is 0 Å². The SMILES string of the molecule is CCN(CC)S(=O)(=O)c1ccc2c(c1)nc(CCC(=O)[O-])n2C. The average molecular weight is 338 g/mol. The summed E-state index contributed by atoms with van der Waals surface area (Å²) in [5, 5.41) is 10.6. The number of nitrogens with zero attached hydrogens (tertiary/aromatic N) is 3. The third-order valence-corrected chi connectivity index (χ3v) is 5.89. The van der Waals surface area contributed by atoms with Crippen LogP contribution in [0.4, 0.5) is 0 Å². The molecule has 2 rings (SSSR count). The fourth-order valence-corrected chi connectivity index (χ4v) is 4.02. The van der Waals surface area contributed by atoms with Gasteiger partial charge in [0.1, 0.15) is 5.82 Å². The molecule has 126 valence electrons. The number of hydrogen-bond donors (Lipinski definition) is 0. The molecule has 23 heavy (non-hydrogen) atoms. The summed E-state index contributed by atoms with van der Waals surface area (Å²) in [5.74, 6) is -0.552. The number of carbonyl (C=O) groups is 1. The van der Waals surface area contributed by atoms with E-state index in [-0.39, 0.29) is 17.7 Å². The molecule has 0 N–H and O–H groups in total. The first-order valence-corrected chi connectivity index (χ1v) is 8.90. The number of carboxylic acids is 1. The summed E-state index contributed by atoms with van der Waals surface area (Å²) >= 11 is 0. The van der Waals surface area contributed by atoms with Gasteiger partial charge < -0.3 is 14.5 Å². The van der Waals surface area contributed by atoms with E-state index in [1.54, 1.807) is 37.6 Å². The van der Waals surface area contributed by atoms with E-state index in [0.717, 1.165) is 5.52 Å². The Morgan fingerprint density at radius 2 is 1.96 bits per heavy atom. The van der Waals surface area contributed by atoms with Crippen molar-refractivity contribution in [3.05, 3.63) is 24.0 Å². The van der Waals surface area contributed by atoms with Crippen LogP contribution < -0.4 is 5.11 Å². The molecule has 0 aliphatic rings. The molecule has 0 amide bonds. The normalized spacial score (nSPS) is 12.2. The topological polar surface area (TPSA) is 95.3 Å². The van der Waals surface area contributed by atoms with Crippen LogP contribution in [0.1, 0.15) is 26.1 Å². The molecule has 0 saturated heterocycles. The van der Waals surface area contributed by atoms with Crippen molar-refractivity contribution in [3.63, 3.8) is 0 Å². The predicted octanol–water partition coefficient (Wildman–Crippen LogP) is 0.286. The minimum atomic E-state index is -3.54. The molecule has 1 aromatic carbocycles. The zero-order valence-corrected chi connectivity index (χ0v) is 14.3. The quantitative estimate of drug-likeness (QED) is 0.723. The van der Waals surface area contributed by atoms with Gasteiger partial charge in [-0.2, -0.15) is 4.31 Å². The van der Waals surface area contributed by atoms with Crippen molar-refractivity contribution >= 4 is 27.0 Å². The summed E-state index contributed by atoms with van der Waals surface area (Å²) in [6, 6.07) is 4.78. The fraction of sp³-hybridized carbons (Fsp3) is 0.467. The highest BCUT2D eigenvalue weighted by Crippen LogP contribution is 2.22. The molecule has 7 nitrogen and oxygen atoms in total. The van der Waals surface area contributed by atoms with Crippen molar-refractivity contribution in [2.24, 2.45) is 7.05 Å².